The summed E-state index contributed by atoms with van der Waals surface area (Å²) >= 11 is 0. The predicted molar refractivity (Wildman–Crippen MR) is 121 cm³/mol. The molecule has 4 heterocycles. The lowest BCUT2D eigenvalue weighted by molar-refractivity contribution is -0.386. The van der Waals surface area contributed by atoms with E-state index in [9.17, 15) is 24.5 Å². The largest absolute Gasteiger partial charge is 0.340 e. The number of piperidine rings is 1. The summed E-state index contributed by atoms with van der Waals surface area (Å²) in [6.07, 6.45) is 2.69. The van der Waals surface area contributed by atoms with Crippen molar-refractivity contribution in [3.63, 3.8) is 0 Å². The Morgan fingerprint density at radius 3 is 2.73 bits per heavy atom. The lowest BCUT2D eigenvalue weighted by atomic mass is 9.83. The number of rotatable bonds is 4. The zero-order chi connectivity index (χ0) is 23.3. The first-order chi connectivity index (χ1) is 15.8. The van der Waals surface area contributed by atoms with Crippen molar-refractivity contribution in [2.75, 3.05) is 18.4 Å². The van der Waals surface area contributed by atoms with Crippen LogP contribution in [0.15, 0.2) is 47.4 Å². The van der Waals surface area contributed by atoms with Crippen molar-refractivity contribution in [3.05, 3.63) is 68.8 Å². The summed E-state index contributed by atoms with van der Waals surface area (Å²) in [5.41, 5.74) is 1.34. The number of amides is 2. The van der Waals surface area contributed by atoms with Crippen molar-refractivity contribution in [1.29, 1.82) is 0 Å². The van der Waals surface area contributed by atoms with Crippen LogP contribution >= 0.6 is 0 Å². The first-order valence-corrected chi connectivity index (χ1v) is 10.8. The number of nitrogens with one attached hydrogen (secondary N) is 1. The number of carbonyl (C=O) groups excluding carboxylic acids is 2. The molecule has 1 aromatic carbocycles. The van der Waals surface area contributed by atoms with E-state index in [1.165, 1.54) is 17.6 Å². The maximum absolute atomic E-state index is 13.2. The van der Waals surface area contributed by atoms with Crippen LogP contribution in [-0.2, 0) is 22.7 Å². The van der Waals surface area contributed by atoms with Crippen LogP contribution in [-0.4, -0.2) is 43.9 Å². The second-order valence-corrected chi connectivity index (χ2v) is 8.78. The SMILES string of the molecule is CC(=O)Nc1cccc2c1ccn2CC(=O)N1C[C@H]2C[C@@H](C1)c1ccc([N+](=O)[O-])c(=O)n1C2. The fraction of sp³-hybridized carbons (Fsp3) is 0.348. The maximum atomic E-state index is 13.2. The van der Waals surface area contributed by atoms with Crippen molar-refractivity contribution in [3.8, 4) is 0 Å². The highest BCUT2D eigenvalue weighted by Gasteiger charge is 2.37. The van der Waals surface area contributed by atoms with Crippen LogP contribution in [0.2, 0.25) is 0 Å². The van der Waals surface area contributed by atoms with E-state index in [2.05, 4.69) is 5.32 Å². The number of pyridine rings is 1. The van der Waals surface area contributed by atoms with E-state index in [1.807, 2.05) is 39.9 Å². The normalized spacial score (nSPS) is 19.2. The van der Waals surface area contributed by atoms with Gasteiger partial charge in [-0.25, -0.2) is 0 Å². The van der Waals surface area contributed by atoms with Gasteiger partial charge in [0.05, 0.1) is 16.1 Å². The Bertz CT molecular complexity index is 1360. The molecule has 2 atom stereocenters. The minimum Gasteiger partial charge on any atom is -0.340 e. The molecule has 1 fully saturated rings. The summed E-state index contributed by atoms with van der Waals surface area (Å²) in [4.78, 5) is 49.5. The highest BCUT2D eigenvalue weighted by atomic mass is 16.6. The molecule has 1 N–H and O–H groups in total. The van der Waals surface area contributed by atoms with Gasteiger partial charge in [-0.3, -0.25) is 24.5 Å². The zero-order valence-electron chi connectivity index (χ0n) is 18.1. The first kappa shape index (κ1) is 20.9. The molecule has 2 amide bonds. The van der Waals surface area contributed by atoms with E-state index in [0.717, 1.165) is 23.0 Å². The topological polar surface area (TPSA) is 119 Å². The van der Waals surface area contributed by atoms with E-state index < -0.39 is 16.2 Å². The van der Waals surface area contributed by atoms with Crippen molar-refractivity contribution in [2.45, 2.75) is 32.4 Å². The van der Waals surface area contributed by atoms with Gasteiger partial charge in [0, 0.05) is 55.8 Å². The minimum absolute atomic E-state index is 0.0233. The van der Waals surface area contributed by atoms with Crippen LogP contribution in [0, 0.1) is 16.0 Å². The number of aromatic nitrogens is 2. The first-order valence-electron chi connectivity index (χ1n) is 10.8. The van der Waals surface area contributed by atoms with Gasteiger partial charge < -0.3 is 19.4 Å². The average Bonchev–Trinajstić information content (AvgIpc) is 3.17. The van der Waals surface area contributed by atoms with Crippen LogP contribution in [0.3, 0.4) is 0 Å². The molecule has 33 heavy (non-hydrogen) atoms. The van der Waals surface area contributed by atoms with Crippen LogP contribution in [0.5, 0.6) is 0 Å². The predicted octanol–water partition coefficient (Wildman–Crippen LogP) is 2.32. The molecule has 0 unspecified atom stereocenters. The van der Waals surface area contributed by atoms with Gasteiger partial charge in [-0.15, -0.1) is 0 Å². The van der Waals surface area contributed by atoms with Gasteiger partial charge in [-0.1, -0.05) is 6.07 Å². The van der Waals surface area contributed by atoms with E-state index in [1.54, 1.807) is 6.07 Å². The molecule has 2 aromatic heterocycles. The number of hydrogen-bond donors (Lipinski definition) is 1. The molecule has 170 valence electrons. The molecule has 1 saturated heterocycles. The average molecular weight is 449 g/mol. The number of carbonyl (C=O) groups is 2. The number of nitro groups is 1. The highest BCUT2D eigenvalue weighted by Crippen LogP contribution is 2.36. The molecule has 5 rings (SSSR count). The van der Waals surface area contributed by atoms with E-state index in [0.29, 0.717) is 25.3 Å². The molecular formula is C23H23N5O5. The lowest BCUT2D eigenvalue weighted by Gasteiger charge is -2.42. The maximum Gasteiger partial charge on any atom is 0.334 e. The molecule has 2 aliphatic heterocycles. The fourth-order valence-electron chi connectivity index (χ4n) is 5.18. The van der Waals surface area contributed by atoms with Crippen LogP contribution in [0.4, 0.5) is 11.4 Å². The number of nitrogens with zero attached hydrogens (tertiary/aromatic N) is 4. The Morgan fingerprint density at radius 2 is 1.97 bits per heavy atom. The minimum atomic E-state index is -0.644. The summed E-state index contributed by atoms with van der Waals surface area (Å²) in [5.74, 6) is -0.129. The summed E-state index contributed by atoms with van der Waals surface area (Å²) in [7, 11) is 0. The Balaban J connectivity index is 1.37. The Hall–Kier alpha value is -3.95. The molecule has 0 radical (unpaired) electrons. The zero-order valence-corrected chi connectivity index (χ0v) is 18.1. The van der Waals surface area contributed by atoms with Crippen molar-refractivity contribution >= 4 is 34.1 Å². The Kier molecular flexibility index (Phi) is 4.99. The van der Waals surface area contributed by atoms with Crippen molar-refractivity contribution in [2.24, 2.45) is 5.92 Å². The quantitative estimate of drug-likeness (QED) is 0.484. The molecule has 10 nitrogen and oxygen atoms in total. The second kappa shape index (κ2) is 7.88. The van der Waals surface area contributed by atoms with Crippen LogP contribution in [0.1, 0.15) is 25.0 Å². The van der Waals surface area contributed by atoms with Gasteiger partial charge in [0.25, 0.3) is 0 Å². The van der Waals surface area contributed by atoms with Gasteiger partial charge in [-0.2, -0.15) is 0 Å². The molecule has 2 aliphatic rings. The molecule has 0 spiro atoms. The Labute approximate surface area is 188 Å². The smallest absolute Gasteiger partial charge is 0.334 e. The molecule has 10 heteroatoms. The van der Waals surface area contributed by atoms with Crippen LogP contribution < -0.4 is 10.9 Å². The van der Waals surface area contributed by atoms with Gasteiger partial charge >= 0.3 is 11.2 Å². The van der Waals surface area contributed by atoms with Gasteiger partial charge in [0.15, 0.2) is 0 Å². The van der Waals surface area contributed by atoms with Gasteiger partial charge in [0.1, 0.15) is 6.54 Å². The number of likely N-dealkylation sites (tertiary alicyclic amines) is 1. The summed E-state index contributed by atoms with van der Waals surface area (Å²) in [5, 5.41) is 14.8. The standard InChI is InChI=1S/C23H23N5O5/c1-14(29)24-18-3-2-4-20-17(18)7-8-25(20)13-22(30)26-10-15-9-16(12-26)19-5-6-21(28(32)33)23(31)27(19)11-15/h2-8,15-16H,9-13H2,1H3,(H,24,29)/t15-,16+/m1/s1. The summed E-state index contributed by atoms with van der Waals surface area (Å²) in [6.45, 7) is 2.99. The summed E-state index contributed by atoms with van der Waals surface area (Å²) in [6, 6.07) is 10.4. The van der Waals surface area contributed by atoms with Gasteiger partial charge in [-0.05, 0) is 36.6 Å². The molecule has 0 saturated carbocycles. The molecule has 3 aromatic rings. The number of hydrogen-bond acceptors (Lipinski definition) is 5. The molecule has 0 aliphatic carbocycles. The fourth-order valence-corrected chi connectivity index (χ4v) is 5.18. The van der Waals surface area contributed by atoms with Crippen LogP contribution in [0.25, 0.3) is 10.9 Å². The van der Waals surface area contributed by atoms with Crippen molar-refractivity contribution in [1.82, 2.24) is 14.0 Å². The third kappa shape index (κ3) is 3.67. The third-order valence-electron chi connectivity index (χ3n) is 6.56. The molecular weight excluding hydrogens is 426 g/mol. The number of fused-ring (bicyclic) bond motifs is 5. The van der Waals surface area contributed by atoms with E-state index in [-0.39, 0.29) is 30.2 Å². The monoisotopic (exact) mass is 449 g/mol. The highest BCUT2D eigenvalue weighted by molar-refractivity contribution is 6.01. The molecule has 2 bridgehead atoms. The van der Waals surface area contributed by atoms with Crippen molar-refractivity contribution < 1.29 is 14.5 Å². The number of benzene rings is 1. The second-order valence-electron chi connectivity index (χ2n) is 8.78. The van der Waals surface area contributed by atoms with E-state index >= 15 is 0 Å². The van der Waals surface area contributed by atoms with Gasteiger partial charge in [0.2, 0.25) is 11.8 Å². The Morgan fingerprint density at radius 1 is 1.15 bits per heavy atom. The lowest BCUT2D eigenvalue weighted by Crippen LogP contribution is -2.50. The summed E-state index contributed by atoms with van der Waals surface area (Å²) < 4.78 is 3.39. The number of anilines is 1. The van der Waals surface area contributed by atoms with E-state index in [4.69, 9.17) is 0 Å². The third-order valence-corrected chi connectivity index (χ3v) is 6.56.